The van der Waals surface area contributed by atoms with Crippen molar-refractivity contribution in [3.8, 4) is 0 Å². The number of carboxylic acid groups (broad SMARTS) is 1. The van der Waals surface area contributed by atoms with E-state index in [0.717, 1.165) is 0 Å². The molecule has 48 valence electrons. The summed E-state index contributed by atoms with van der Waals surface area (Å²) in [5, 5.41) is 18.2. The van der Waals surface area contributed by atoms with Crippen molar-refractivity contribution in [2.24, 2.45) is 5.73 Å². The van der Waals surface area contributed by atoms with Crippen molar-refractivity contribution in [1.29, 1.82) is 0 Å². The molecule has 0 aromatic rings. The molecule has 1 unspecified atom stereocenters. The molecule has 0 saturated carbocycles. The fourth-order valence-electron chi connectivity index (χ4n) is 0.197. The average Bonchev–Trinajstić information content (AvgIpc) is 1.64. The van der Waals surface area contributed by atoms with E-state index in [2.05, 4.69) is 0 Å². The molecule has 0 aliphatic carbocycles. The van der Waals surface area contributed by atoms with Gasteiger partial charge in [0.25, 0.3) is 0 Å². The maximum Gasteiger partial charge on any atom is 0.0716 e. The number of rotatable bonds is 2. The average molecular weight is 118 g/mol. The smallest absolute Gasteiger partial charge is 0.0716 e. The number of carboxylic acids is 1. The number of hydrogen-bond donors (Lipinski definition) is 2. The fraction of sp³-hybridized carbons (Fsp3) is 0.750. The van der Waals surface area contributed by atoms with Crippen LogP contribution in [0.3, 0.4) is 0 Å². The molecule has 0 aliphatic heterocycles. The third-order valence-electron chi connectivity index (χ3n) is 0.792. The van der Waals surface area contributed by atoms with Gasteiger partial charge in [-0.05, 0) is 6.92 Å². The minimum Gasteiger partial charge on any atom is -0.548 e. The molecule has 0 aromatic carbocycles. The Morgan fingerprint density at radius 1 is 1.88 bits per heavy atom. The van der Waals surface area contributed by atoms with E-state index in [0.29, 0.717) is 0 Å². The summed E-state index contributed by atoms with van der Waals surface area (Å²) >= 11 is 0. The van der Waals surface area contributed by atoms with Crippen LogP contribution in [-0.2, 0) is 4.79 Å². The van der Waals surface area contributed by atoms with E-state index in [1.54, 1.807) is 0 Å². The van der Waals surface area contributed by atoms with Crippen LogP contribution in [0.1, 0.15) is 6.92 Å². The van der Waals surface area contributed by atoms with E-state index >= 15 is 0 Å². The Bertz CT molecular complexity index is 91.3. The molecule has 4 nitrogen and oxygen atoms in total. The first-order chi connectivity index (χ1) is 3.55. The highest BCUT2D eigenvalue weighted by atomic mass is 16.4. The van der Waals surface area contributed by atoms with Crippen LogP contribution in [0.15, 0.2) is 0 Å². The van der Waals surface area contributed by atoms with Crippen LogP contribution >= 0.6 is 0 Å². The number of hydrogen-bond acceptors (Lipinski definition) is 4. The van der Waals surface area contributed by atoms with Gasteiger partial charge in [-0.3, -0.25) is 0 Å². The van der Waals surface area contributed by atoms with Gasteiger partial charge in [0.05, 0.1) is 18.1 Å². The summed E-state index contributed by atoms with van der Waals surface area (Å²) in [5.41, 5.74) is 4.85. The maximum atomic E-state index is 9.74. The molecule has 0 spiro atoms. The van der Waals surface area contributed by atoms with E-state index in [1.165, 1.54) is 6.92 Å². The number of carbonyl (C=O) groups excluding carboxylic acids is 1. The summed E-state index contributed by atoms with van der Waals surface area (Å²) in [5.74, 6) is -1.43. The molecule has 2 atom stereocenters. The minimum absolute atomic E-state index is 1.04. The van der Waals surface area contributed by atoms with Gasteiger partial charge in [0, 0.05) is 0 Å². The molecule has 0 heterocycles. The van der Waals surface area contributed by atoms with E-state index < -0.39 is 18.1 Å². The maximum absolute atomic E-state index is 9.74. The van der Waals surface area contributed by atoms with Crippen LogP contribution in [0, 0.1) is 0 Å². The van der Waals surface area contributed by atoms with E-state index in [1.807, 2.05) is 0 Å². The Balaban J connectivity index is 3.64. The Morgan fingerprint density at radius 2 is 2.25 bits per heavy atom. The van der Waals surface area contributed by atoms with Gasteiger partial charge in [0.1, 0.15) is 0 Å². The van der Waals surface area contributed by atoms with Crippen molar-refractivity contribution in [3.05, 3.63) is 0 Å². The van der Waals surface area contributed by atoms with E-state index in [4.69, 9.17) is 10.8 Å². The molecule has 0 aliphatic rings. The summed E-state index contributed by atoms with van der Waals surface area (Å²) in [4.78, 5) is 9.74. The lowest BCUT2D eigenvalue weighted by molar-refractivity contribution is -0.309. The lowest BCUT2D eigenvalue weighted by Crippen LogP contribution is -2.48. The SMILES string of the molecule is CC(O)[C@@H](N)C(=O)[O-]. The van der Waals surface area contributed by atoms with Crippen molar-refractivity contribution >= 4 is 5.97 Å². The standard InChI is InChI=1S/C4H9NO3/c1-2(6)3(5)4(7)8/h2-3,6H,5H2,1H3,(H,7,8)/p-1/t2?,3-/m1/s1. The van der Waals surface area contributed by atoms with Gasteiger partial charge in [-0.2, -0.15) is 0 Å². The number of carbonyl (C=O) groups is 1. The second kappa shape index (κ2) is 2.64. The molecule has 8 heavy (non-hydrogen) atoms. The molecule has 0 fully saturated rings. The third-order valence-corrected chi connectivity index (χ3v) is 0.792. The van der Waals surface area contributed by atoms with Crippen LogP contribution in [-0.4, -0.2) is 23.2 Å². The zero-order valence-corrected chi connectivity index (χ0v) is 4.50. The fourth-order valence-corrected chi connectivity index (χ4v) is 0.197. The molecule has 0 amide bonds. The predicted octanol–water partition coefficient (Wildman–Crippen LogP) is -2.56. The van der Waals surface area contributed by atoms with Crippen molar-refractivity contribution < 1.29 is 15.0 Å². The molecule has 0 rings (SSSR count). The number of nitrogens with two attached hydrogens (primary N) is 1. The quantitative estimate of drug-likeness (QED) is 0.417. The Hall–Kier alpha value is -0.610. The topological polar surface area (TPSA) is 86.4 Å². The monoisotopic (exact) mass is 118 g/mol. The molecular weight excluding hydrogens is 110 g/mol. The van der Waals surface area contributed by atoms with Crippen molar-refractivity contribution in [3.63, 3.8) is 0 Å². The van der Waals surface area contributed by atoms with Crippen LogP contribution in [0.5, 0.6) is 0 Å². The highest BCUT2D eigenvalue weighted by molar-refractivity contribution is 5.71. The highest BCUT2D eigenvalue weighted by Gasteiger charge is 2.08. The highest BCUT2D eigenvalue weighted by Crippen LogP contribution is 1.83. The molecule has 4 heteroatoms. The molecule has 0 aromatic heterocycles. The first-order valence-electron chi connectivity index (χ1n) is 2.20. The van der Waals surface area contributed by atoms with Crippen LogP contribution < -0.4 is 10.8 Å². The first kappa shape index (κ1) is 7.39. The Labute approximate surface area is 46.9 Å². The summed E-state index contributed by atoms with van der Waals surface area (Å²) < 4.78 is 0. The summed E-state index contributed by atoms with van der Waals surface area (Å²) in [6, 6.07) is -1.27. The lowest BCUT2D eigenvalue weighted by Gasteiger charge is -2.14. The summed E-state index contributed by atoms with van der Waals surface area (Å²) in [6.07, 6.45) is -1.04. The van der Waals surface area contributed by atoms with Crippen molar-refractivity contribution in [2.45, 2.75) is 19.1 Å². The second-order valence-corrected chi connectivity index (χ2v) is 1.59. The van der Waals surface area contributed by atoms with Crippen LogP contribution in [0.2, 0.25) is 0 Å². The van der Waals surface area contributed by atoms with Gasteiger partial charge in [-0.15, -0.1) is 0 Å². The van der Waals surface area contributed by atoms with Gasteiger partial charge in [0.15, 0.2) is 0 Å². The van der Waals surface area contributed by atoms with Gasteiger partial charge in [0.2, 0.25) is 0 Å². The summed E-state index contributed by atoms with van der Waals surface area (Å²) in [7, 11) is 0. The molecule has 0 radical (unpaired) electrons. The molecular formula is C4H8NO3-. The normalized spacial score (nSPS) is 17.4. The van der Waals surface area contributed by atoms with Gasteiger partial charge < -0.3 is 20.7 Å². The molecule has 0 bridgehead atoms. The minimum atomic E-state index is -1.43. The van der Waals surface area contributed by atoms with Crippen molar-refractivity contribution in [1.82, 2.24) is 0 Å². The van der Waals surface area contributed by atoms with Crippen molar-refractivity contribution in [2.75, 3.05) is 0 Å². The summed E-state index contributed by atoms with van der Waals surface area (Å²) in [6.45, 7) is 1.29. The van der Waals surface area contributed by atoms with E-state index in [9.17, 15) is 9.90 Å². The van der Waals surface area contributed by atoms with Crippen LogP contribution in [0.4, 0.5) is 0 Å². The Kier molecular flexibility index (Phi) is 2.44. The number of aliphatic carboxylic acids is 1. The van der Waals surface area contributed by atoms with Gasteiger partial charge in [-0.1, -0.05) is 0 Å². The number of aliphatic hydroxyl groups excluding tert-OH is 1. The molecule has 0 saturated heterocycles. The van der Waals surface area contributed by atoms with Gasteiger partial charge >= 0.3 is 0 Å². The second-order valence-electron chi connectivity index (χ2n) is 1.59. The predicted molar refractivity (Wildman–Crippen MR) is 24.7 cm³/mol. The lowest BCUT2D eigenvalue weighted by atomic mass is 10.2. The first-order valence-corrected chi connectivity index (χ1v) is 2.20. The Morgan fingerprint density at radius 3 is 2.25 bits per heavy atom. The zero-order valence-electron chi connectivity index (χ0n) is 4.50. The third kappa shape index (κ3) is 1.90. The zero-order chi connectivity index (χ0) is 6.73. The van der Waals surface area contributed by atoms with E-state index in [-0.39, 0.29) is 0 Å². The van der Waals surface area contributed by atoms with Gasteiger partial charge in [-0.25, -0.2) is 0 Å². The molecule has 3 N–H and O–H groups in total. The largest absolute Gasteiger partial charge is 0.548 e. The number of aliphatic hydroxyl groups is 1. The van der Waals surface area contributed by atoms with Crippen LogP contribution in [0.25, 0.3) is 0 Å².